The van der Waals surface area contributed by atoms with E-state index in [1.54, 1.807) is 27.9 Å². The van der Waals surface area contributed by atoms with Gasteiger partial charge >= 0.3 is 7.82 Å². The van der Waals surface area contributed by atoms with Crippen LogP contribution in [-0.4, -0.2) is 266 Å². The van der Waals surface area contributed by atoms with Gasteiger partial charge in [-0.25, -0.2) is 4.57 Å². The molecule has 5 amide bonds. The van der Waals surface area contributed by atoms with E-state index in [1.165, 1.54) is 0 Å². The van der Waals surface area contributed by atoms with Crippen molar-refractivity contribution in [2.45, 2.75) is 305 Å². The van der Waals surface area contributed by atoms with E-state index in [2.05, 4.69) is 35.6 Å². The Kier molecular flexibility index (Phi) is 66.9. The average Bonchev–Trinajstić information content (AvgIpc) is 0.835. The summed E-state index contributed by atoms with van der Waals surface area (Å²) in [4.78, 5) is 88.3. The zero-order valence-electron chi connectivity index (χ0n) is 61.2. The third-order valence-corrected chi connectivity index (χ3v) is 18.7. The largest absolute Gasteiger partial charge is 0.471 e. The smallest absolute Gasteiger partial charge is 0.394 e. The highest BCUT2D eigenvalue weighted by Gasteiger charge is 2.45. The number of nitrogens with one attached hydrogen (secondary N) is 5. The predicted octanol–water partition coefficient (Wildman–Crippen LogP) is 4.07. The van der Waals surface area contributed by atoms with E-state index in [0.717, 1.165) is 32.8 Å². The number of aliphatic hydroxyl groups excluding tert-OH is 9. The summed E-state index contributed by atoms with van der Waals surface area (Å²) in [7, 11) is -1.01. The van der Waals surface area contributed by atoms with E-state index in [4.69, 9.17) is 43.8 Å². The molecule has 0 aromatic heterocycles. The number of rotatable bonds is 54. The lowest BCUT2D eigenvalue weighted by molar-refractivity contribution is -0.282. The van der Waals surface area contributed by atoms with E-state index in [0.29, 0.717) is 142 Å². The molecule has 0 aromatic carbocycles. The van der Waals surface area contributed by atoms with Gasteiger partial charge in [0.05, 0.1) is 50.8 Å². The maximum Gasteiger partial charge on any atom is 0.471 e. The van der Waals surface area contributed by atoms with Gasteiger partial charge in [0, 0.05) is 123 Å². The number of hydrogen-bond acceptors (Lipinski definition) is 26. The highest BCUT2D eigenvalue weighted by atomic mass is 31.2. The highest BCUT2D eigenvalue weighted by Crippen LogP contribution is 2.42. The molecular weight excluding hydrogens is 1400 g/mol. The van der Waals surface area contributed by atoms with Crippen molar-refractivity contribution in [3.8, 4) is 0 Å². The molecular formula is C72H147N6O26P. The van der Waals surface area contributed by atoms with Gasteiger partial charge < -0.3 is 116 Å². The molecule has 18 atom stereocenters. The second-order valence-electron chi connectivity index (χ2n) is 25.8. The molecule has 3 aliphatic rings. The van der Waals surface area contributed by atoms with Crippen LogP contribution in [0.4, 0.5) is 0 Å². The second-order valence-corrected chi connectivity index (χ2v) is 27.4. The number of aliphatic hydroxyl groups is 9. The third kappa shape index (κ3) is 46.0. The summed E-state index contributed by atoms with van der Waals surface area (Å²) < 4.78 is 58.8. The van der Waals surface area contributed by atoms with Crippen LogP contribution < -0.4 is 32.3 Å². The summed E-state index contributed by atoms with van der Waals surface area (Å²) in [6, 6.07) is -0.960. The molecule has 0 aromatic rings. The average molecular weight is 1540 g/mol. The first-order chi connectivity index (χ1) is 48.4. The first-order valence-electron chi connectivity index (χ1n) is 36.7. The minimum absolute atomic E-state index is 0. The van der Waals surface area contributed by atoms with Crippen molar-refractivity contribution in [2.24, 2.45) is 29.4 Å². The number of carbonyl (C=O) groups is 6. The summed E-state index contributed by atoms with van der Waals surface area (Å²) >= 11 is 0. The summed E-state index contributed by atoms with van der Waals surface area (Å²) in [6.07, 6.45) is -0.510. The molecule has 9 unspecified atom stereocenters. The van der Waals surface area contributed by atoms with Gasteiger partial charge in [0.1, 0.15) is 36.6 Å². The molecule has 3 heterocycles. The Labute approximate surface area is 627 Å². The molecule has 0 saturated carbocycles. The van der Waals surface area contributed by atoms with E-state index in [-0.39, 0.29) is 118 Å². The van der Waals surface area contributed by atoms with E-state index in [1.807, 2.05) is 13.8 Å². The normalized spacial score (nSPS) is 25.1. The molecule has 17 N–H and O–H groups in total. The maximum absolute atomic E-state index is 14.3. The monoisotopic (exact) mass is 1540 g/mol. The fourth-order valence-electron chi connectivity index (χ4n) is 11.2. The number of ether oxygens (including phenoxy) is 7. The second kappa shape index (κ2) is 65.2. The van der Waals surface area contributed by atoms with Crippen molar-refractivity contribution in [1.29, 1.82) is 0 Å². The molecule has 3 fully saturated rings. The van der Waals surface area contributed by atoms with Gasteiger partial charge in [-0.2, -0.15) is 0 Å². The number of unbranched alkanes of at least 4 members (excludes halogenated alkanes) is 10. The van der Waals surface area contributed by atoms with Crippen LogP contribution in [0.15, 0.2) is 0 Å². The van der Waals surface area contributed by atoms with Gasteiger partial charge in [-0.1, -0.05) is 90.0 Å². The number of phosphoric acid groups is 1. The van der Waals surface area contributed by atoms with Crippen LogP contribution in [0.3, 0.4) is 0 Å². The summed E-state index contributed by atoms with van der Waals surface area (Å²) in [5, 5.41) is 104. The number of amides is 5. The molecule has 0 aliphatic carbocycles. The molecule has 0 bridgehead atoms. The number of ketones is 1. The molecule has 105 heavy (non-hydrogen) atoms. The summed E-state index contributed by atoms with van der Waals surface area (Å²) in [5.74, 6) is -3.93. The SMILES string of the molecule is C.C.C.C.CC.COCCCNC(=O)CCCCCNC(=O)C(CCCCNC(=O)CCCCO[C@@H]1OC(CO)[C@H](O)[C@H](O)C1C)CC(=O)C(CCCCNC(=O)CCCCO[C@@H]1OC(CO)[C@H](O)[C@H](O)C1C)NC(=O)CCCCO[C@@H]1OC(CO)[C@H](O)[C@H](O)C1C.COP(=O)(O)OCCCCCCN. The lowest BCUT2D eigenvalue weighted by Crippen LogP contribution is -2.55. The third-order valence-electron chi connectivity index (χ3n) is 17.7. The number of hydrogen-bond donors (Lipinski definition) is 16. The van der Waals surface area contributed by atoms with Crippen molar-refractivity contribution in [1.82, 2.24) is 26.6 Å². The summed E-state index contributed by atoms with van der Waals surface area (Å²) in [5.41, 5.74) is 5.30. The van der Waals surface area contributed by atoms with Crippen molar-refractivity contribution in [2.75, 3.05) is 99.8 Å². The van der Waals surface area contributed by atoms with Crippen molar-refractivity contribution < 1.29 is 126 Å². The number of carbonyl (C=O) groups excluding carboxylic acids is 6. The Morgan fingerprint density at radius 1 is 0.448 bits per heavy atom. The molecule has 3 saturated heterocycles. The van der Waals surface area contributed by atoms with Gasteiger partial charge in [-0.15, -0.1) is 0 Å². The van der Waals surface area contributed by atoms with Crippen LogP contribution in [0.2, 0.25) is 0 Å². The van der Waals surface area contributed by atoms with Gasteiger partial charge in [0.2, 0.25) is 29.5 Å². The quantitative estimate of drug-likeness (QED) is 0.0301. The Balaban J connectivity index is -0.00000241. The van der Waals surface area contributed by atoms with Gasteiger partial charge in [-0.05, 0) is 109 Å². The Bertz CT molecular complexity index is 2240. The van der Waals surface area contributed by atoms with Crippen molar-refractivity contribution in [3.63, 3.8) is 0 Å². The van der Waals surface area contributed by atoms with Gasteiger partial charge in [-0.3, -0.25) is 37.8 Å². The first kappa shape index (κ1) is 108. The zero-order chi connectivity index (χ0) is 75.5. The molecule has 0 radical (unpaired) electrons. The standard InChI is InChI=1S/C59H107N5O22.C7H18NO4P.C2H6.4CH4/c1-37-50(73)53(76)43(34-65)84-57(37)81-30-15-9-22-47(70)60-25-13-7-19-40(56(79)63-27-12-5-6-21-46(69)62-28-18-29-80-4)33-42(68)41(64-49(72)24-11-17-32-83-59-39(3)52(75)55(78)45(36-67)86-59)20-8-14-26-61-48(71)23-10-16-31-82-58-38(2)51(74)54(77)44(35-66)85-58;1-11-13(9,10)12-7-5-3-2-4-6-8;1-2;;;;/h37-41,43-45,50-55,57-59,65-67,73-78H,5-36H2,1-4H3,(H,60,70)(H,61,71)(H,62,69)(H,63,79)(H,64,72);2-8H2,1H3,(H,9,10);1-2H3;4*1H4/t37?,38?,39?,40?,41?,43?,44?,45?,50-,51-,52-,53+,54+,55+,57-,58-,59-;;;;;;/m1....../s1. The lowest BCUT2D eigenvalue weighted by atomic mass is 9.91. The number of methoxy groups -OCH3 is 1. The van der Waals surface area contributed by atoms with Gasteiger partial charge in [0.25, 0.3) is 0 Å². The number of phosphoric ester groups is 1. The van der Waals surface area contributed by atoms with E-state index < -0.39 is 137 Å². The molecule has 33 heteroatoms. The van der Waals surface area contributed by atoms with Crippen LogP contribution in [-0.2, 0) is 75.5 Å². The Morgan fingerprint density at radius 3 is 1.20 bits per heavy atom. The molecule has 3 aliphatic heterocycles. The highest BCUT2D eigenvalue weighted by molar-refractivity contribution is 7.47. The maximum atomic E-state index is 14.3. The lowest BCUT2D eigenvalue weighted by Gasteiger charge is -2.40. The fraction of sp³-hybridized carbons (Fsp3) is 0.917. The topological polar surface area (TPSA) is 491 Å². The molecule has 0 spiro atoms. The fourth-order valence-corrected chi connectivity index (χ4v) is 11.7. The van der Waals surface area contributed by atoms with E-state index in [9.17, 15) is 79.3 Å². The van der Waals surface area contributed by atoms with Crippen LogP contribution in [0.25, 0.3) is 0 Å². The molecule has 32 nitrogen and oxygen atoms in total. The summed E-state index contributed by atoms with van der Waals surface area (Å²) in [6.45, 7) is 11.1. The minimum atomic E-state index is -3.75. The Hall–Kier alpha value is -3.55. The molecule has 3 rings (SSSR count). The van der Waals surface area contributed by atoms with Crippen LogP contribution in [0.1, 0.15) is 225 Å². The predicted molar refractivity (Wildman–Crippen MR) is 399 cm³/mol. The zero-order valence-corrected chi connectivity index (χ0v) is 62.1. The van der Waals surface area contributed by atoms with Gasteiger partial charge in [0.15, 0.2) is 24.7 Å². The van der Waals surface area contributed by atoms with Crippen LogP contribution in [0.5, 0.6) is 0 Å². The van der Waals surface area contributed by atoms with Crippen molar-refractivity contribution >= 4 is 43.1 Å². The van der Waals surface area contributed by atoms with Crippen LogP contribution in [0, 0.1) is 23.7 Å². The Morgan fingerprint density at radius 2 is 0.800 bits per heavy atom. The number of nitrogens with two attached hydrogens (primary N) is 1. The van der Waals surface area contributed by atoms with Crippen molar-refractivity contribution in [3.05, 3.63) is 0 Å². The van der Waals surface area contributed by atoms with Crippen LogP contribution >= 0.6 is 7.82 Å². The molecule has 626 valence electrons. The number of Topliss-reactive ketones (excluding diaryl/α,β-unsaturated/α-hetero) is 1. The van der Waals surface area contributed by atoms with E-state index >= 15 is 0 Å². The minimum Gasteiger partial charge on any atom is -0.394 e. The first-order valence-corrected chi connectivity index (χ1v) is 38.2.